The number of hydrogen-bond donors (Lipinski definition) is 1. The van der Waals surface area contributed by atoms with Gasteiger partial charge in [0.15, 0.2) is 23.3 Å². The van der Waals surface area contributed by atoms with E-state index in [1.807, 2.05) is 67.4 Å². The zero-order valence-corrected chi connectivity index (χ0v) is 18.7. The summed E-state index contributed by atoms with van der Waals surface area (Å²) in [7, 11) is 1.90. The predicted octanol–water partition coefficient (Wildman–Crippen LogP) is 3.24. The molecule has 9 heteroatoms. The zero-order chi connectivity index (χ0) is 23.2. The summed E-state index contributed by atoms with van der Waals surface area (Å²) in [6.45, 7) is 2.91. The Morgan fingerprint density at radius 1 is 1.12 bits per heavy atom. The number of anilines is 1. The van der Waals surface area contributed by atoms with Crippen molar-refractivity contribution in [2.75, 3.05) is 25.1 Å². The Bertz CT molecular complexity index is 1590. The molecule has 0 aliphatic carbocycles. The van der Waals surface area contributed by atoms with E-state index in [4.69, 9.17) is 14.5 Å². The zero-order valence-electron chi connectivity index (χ0n) is 18.7. The standard InChI is InChI=1S/C25H22N6O3/c1-15-7-3-4-8-19(15)31-23-17(22-18(24(31)32)12-27-29-22)11-26-25(28-23)30(2)13-16-14-33-20-9-5-6-10-21(20)34-16/h3-12,16H,13-14H2,1-2H3,(H,27,29). The van der Waals surface area contributed by atoms with Crippen molar-refractivity contribution in [3.05, 3.63) is 76.8 Å². The van der Waals surface area contributed by atoms with E-state index in [1.165, 1.54) is 0 Å². The second-order valence-corrected chi connectivity index (χ2v) is 8.36. The minimum absolute atomic E-state index is 0.182. The number of ether oxygens (including phenoxy) is 2. The number of aryl methyl sites for hydroxylation is 1. The SMILES string of the molecule is Cc1ccccc1-n1c(=O)c2c[nH]nc2c2cnc(N(C)CC3COc4ccccc4O3)nc21. The van der Waals surface area contributed by atoms with Crippen LogP contribution < -0.4 is 19.9 Å². The Hall–Kier alpha value is -4.40. The first kappa shape index (κ1) is 20.2. The number of rotatable bonds is 4. The van der Waals surface area contributed by atoms with Gasteiger partial charge < -0.3 is 14.4 Å². The number of benzene rings is 2. The summed E-state index contributed by atoms with van der Waals surface area (Å²) in [5, 5.41) is 8.28. The van der Waals surface area contributed by atoms with Crippen molar-refractivity contribution in [3.63, 3.8) is 0 Å². The van der Waals surface area contributed by atoms with Crippen molar-refractivity contribution < 1.29 is 9.47 Å². The van der Waals surface area contributed by atoms with E-state index < -0.39 is 0 Å². The molecule has 9 nitrogen and oxygen atoms in total. The fourth-order valence-corrected chi connectivity index (χ4v) is 4.34. The molecular formula is C25H22N6O3. The van der Waals surface area contributed by atoms with Crippen LogP contribution in [0.3, 0.4) is 0 Å². The predicted molar refractivity (Wildman–Crippen MR) is 129 cm³/mol. The van der Waals surface area contributed by atoms with Crippen molar-refractivity contribution in [1.29, 1.82) is 0 Å². The van der Waals surface area contributed by atoms with Crippen LogP contribution in [-0.4, -0.2) is 51.0 Å². The van der Waals surface area contributed by atoms with E-state index in [1.54, 1.807) is 17.0 Å². The third kappa shape index (κ3) is 3.24. The lowest BCUT2D eigenvalue weighted by atomic mass is 10.1. The van der Waals surface area contributed by atoms with E-state index in [2.05, 4.69) is 15.2 Å². The number of para-hydroxylation sites is 3. The number of pyridine rings is 1. The van der Waals surface area contributed by atoms with E-state index in [-0.39, 0.29) is 11.7 Å². The number of aromatic amines is 1. The minimum atomic E-state index is -0.188. The normalized spacial score (nSPS) is 15.1. The highest BCUT2D eigenvalue weighted by Gasteiger charge is 2.24. The molecule has 0 spiro atoms. The second kappa shape index (κ2) is 7.87. The minimum Gasteiger partial charge on any atom is -0.486 e. The largest absolute Gasteiger partial charge is 0.486 e. The third-order valence-corrected chi connectivity index (χ3v) is 6.04. The Morgan fingerprint density at radius 3 is 2.76 bits per heavy atom. The van der Waals surface area contributed by atoms with E-state index in [0.717, 1.165) is 22.7 Å². The molecule has 1 unspecified atom stereocenters. The molecule has 1 aliphatic heterocycles. The number of nitrogens with zero attached hydrogens (tertiary/aromatic N) is 5. The van der Waals surface area contributed by atoms with Crippen LogP contribution in [0.1, 0.15) is 5.56 Å². The third-order valence-electron chi connectivity index (χ3n) is 6.04. The van der Waals surface area contributed by atoms with Gasteiger partial charge in [0.1, 0.15) is 12.1 Å². The summed E-state index contributed by atoms with van der Waals surface area (Å²) in [6.07, 6.45) is 3.15. The summed E-state index contributed by atoms with van der Waals surface area (Å²) in [5.74, 6) is 1.95. The lowest BCUT2D eigenvalue weighted by molar-refractivity contribution is 0.0958. The average Bonchev–Trinajstić information content (AvgIpc) is 3.35. The van der Waals surface area contributed by atoms with Crippen LogP contribution in [0.5, 0.6) is 11.5 Å². The summed E-state index contributed by atoms with van der Waals surface area (Å²) in [6, 6.07) is 15.4. The highest BCUT2D eigenvalue weighted by molar-refractivity contribution is 6.02. The van der Waals surface area contributed by atoms with Gasteiger partial charge in [-0.15, -0.1) is 0 Å². The van der Waals surface area contributed by atoms with Crippen molar-refractivity contribution in [2.45, 2.75) is 13.0 Å². The van der Waals surface area contributed by atoms with Gasteiger partial charge in [0, 0.05) is 19.4 Å². The Kier molecular flexibility index (Phi) is 4.68. The molecule has 170 valence electrons. The molecular weight excluding hydrogens is 432 g/mol. The van der Waals surface area contributed by atoms with Gasteiger partial charge in [-0.1, -0.05) is 30.3 Å². The molecule has 0 bridgehead atoms. The first-order valence-corrected chi connectivity index (χ1v) is 11.0. The highest BCUT2D eigenvalue weighted by atomic mass is 16.6. The Labute approximate surface area is 194 Å². The smallest absolute Gasteiger partial charge is 0.267 e. The highest BCUT2D eigenvalue weighted by Crippen LogP contribution is 2.31. The summed E-state index contributed by atoms with van der Waals surface area (Å²) >= 11 is 0. The molecule has 4 heterocycles. The molecule has 1 N–H and O–H groups in total. The molecule has 0 amide bonds. The lowest BCUT2D eigenvalue weighted by Crippen LogP contribution is -2.40. The molecule has 0 saturated carbocycles. The number of hydrogen-bond acceptors (Lipinski definition) is 7. The quantitative estimate of drug-likeness (QED) is 0.445. The number of likely N-dealkylation sites (N-methyl/N-ethyl adjacent to an activating group) is 1. The number of aromatic nitrogens is 5. The maximum atomic E-state index is 13.5. The topological polar surface area (TPSA) is 98.2 Å². The van der Waals surface area contributed by atoms with Gasteiger partial charge in [0.2, 0.25) is 5.95 Å². The summed E-state index contributed by atoms with van der Waals surface area (Å²) < 4.78 is 13.6. The van der Waals surface area contributed by atoms with Gasteiger partial charge in [0.25, 0.3) is 5.56 Å². The van der Waals surface area contributed by atoms with Crippen molar-refractivity contribution in [3.8, 4) is 17.2 Å². The molecule has 0 fully saturated rings. The van der Waals surface area contributed by atoms with Gasteiger partial charge in [-0.05, 0) is 30.7 Å². The van der Waals surface area contributed by atoms with Crippen LogP contribution in [0.2, 0.25) is 0 Å². The second-order valence-electron chi connectivity index (χ2n) is 8.36. The molecule has 1 atom stereocenters. The molecule has 0 saturated heterocycles. The van der Waals surface area contributed by atoms with Gasteiger partial charge in [-0.3, -0.25) is 14.5 Å². The molecule has 2 aromatic carbocycles. The van der Waals surface area contributed by atoms with Crippen LogP contribution in [0.25, 0.3) is 27.6 Å². The van der Waals surface area contributed by atoms with Gasteiger partial charge in [-0.2, -0.15) is 10.1 Å². The Balaban J connectivity index is 1.43. The lowest BCUT2D eigenvalue weighted by Gasteiger charge is -2.29. The van der Waals surface area contributed by atoms with Gasteiger partial charge in [-0.25, -0.2) is 4.98 Å². The van der Waals surface area contributed by atoms with E-state index >= 15 is 0 Å². The number of nitrogens with one attached hydrogen (secondary N) is 1. The molecule has 5 aromatic rings. The molecule has 0 radical (unpaired) electrons. The fourth-order valence-electron chi connectivity index (χ4n) is 4.34. The molecule has 1 aliphatic rings. The van der Waals surface area contributed by atoms with Gasteiger partial charge >= 0.3 is 0 Å². The monoisotopic (exact) mass is 454 g/mol. The summed E-state index contributed by atoms with van der Waals surface area (Å²) in [4.78, 5) is 24.8. The first-order chi connectivity index (χ1) is 16.6. The number of H-pyrrole nitrogens is 1. The van der Waals surface area contributed by atoms with Crippen molar-refractivity contribution in [1.82, 2.24) is 24.7 Å². The number of fused-ring (bicyclic) bond motifs is 4. The van der Waals surface area contributed by atoms with Crippen LogP contribution >= 0.6 is 0 Å². The van der Waals surface area contributed by atoms with E-state index in [9.17, 15) is 4.79 Å². The Morgan fingerprint density at radius 2 is 1.91 bits per heavy atom. The average molecular weight is 454 g/mol. The van der Waals surface area contributed by atoms with Crippen molar-refractivity contribution in [2.24, 2.45) is 0 Å². The molecule has 34 heavy (non-hydrogen) atoms. The molecule has 3 aromatic heterocycles. The first-order valence-electron chi connectivity index (χ1n) is 11.0. The van der Waals surface area contributed by atoms with E-state index in [0.29, 0.717) is 41.0 Å². The maximum absolute atomic E-state index is 13.5. The van der Waals surface area contributed by atoms with Crippen molar-refractivity contribution >= 4 is 27.9 Å². The van der Waals surface area contributed by atoms with Gasteiger partial charge in [0.05, 0.1) is 23.0 Å². The molecule has 6 rings (SSSR count). The maximum Gasteiger partial charge on any atom is 0.267 e. The van der Waals surface area contributed by atoms with Crippen LogP contribution in [-0.2, 0) is 0 Å². The van der Waals surface area contributed by atoms with Crippen LogP contribution in [0.4, 0.5) is 5.95 Å². The summed E-state index contributed by atoms with van der Waals surface area (Å²) in [5.41, 5.74) is 2.61. The fraction of sp³-hybridized carbons (Fsp3) is 0.200. The van der Waals surface area contributed by atoms with Crippen LogP contribution in [0.15, 0.2) is 65.7 Å². The van der Waals surface area contributed by atoms with Crippen LogP contribution in [0, 0.1) is 6.92 Å².